The predicted molar refractivity (Wildman–Crippen MR) is 62.7 cm³/mol. The van der Waals surface area contributed by atoms with E-state index in [0.717, 1.165) is 0 Å². The number of carbonyl (C=O) groups excluding carboxylic acids is 1. The largest absolute Gasteiger partial charge is 1.00 e. The van der Waals surface area contributed by atoms with Gasteiger partial charge in [0.2, 0.25) is 0 Å². The molecule has 0 unspecified atom stereocenters. The Morgan fingerprint density at radius 3 is 2.32 bits per heavy atom. The number of ether oxygens (including phenoxy) is 2. The van der Waals surface area contributed by atoms with Crippen LogP contribution in [0.2, 0.25) is 0 Å². The summed E-state index contributed by atoms with van der Waals surface area (Å²) in [6.45, 7) is 0.230. The molecule has 0 bridgehead atoms. The Kier molecular flexibility index (Phi) is 9.46. The number of carbonyl (C=O) groups is 2. The first kappa shape index (κ1) is 18.1. The van der Waals surface area contributed by atoms with E-state index in [0.29, 0.717) is 0 Å². The average Bonchev–Trinajstić information content (AvgIpc) is 2.38. The normalized spacial score (nSPS) is 9.53. The number of rotatable bonds is 7. The number of hydrogen-bond donors (Lipinski definition) is 2. The summed E-state index contributed by atoms with van der Waals surface area (Å²) in [6, 6.07) is 5.82. The van der Waals surface area contributed by atoms with Crippen LogP contribution >= 0.6 is 0 Å². The number of esters is 1. The third-order valence-corrected chi connectivity index (χ3v) is 2.07. The molecule has 0 fully saturated rings. The summed E-state index contributed by atoms with van der Waals surface area (Å²) < 4.78 is 9.76. The van der Waals surface area contributed by atoms with E-state index in [2.05, 4.69) is 0 Å². The quantitative estimate of drug-likeness (QED) is 0.330. The van der Waals surface area contributed by atoms with Crippen molar-refractivity contribution < 1.29 is 60.3 Å². The number of carboxylic acids is 1. The molecule has 0 radical (unpaired) electrons. The van der Waals surface area contributed by atoms with Crippen LogP contribution in [-0.2, 0) is 9.47 Å². The fourth-order valence-corrected chi connectivity index (χ4v) is 1.29. The number of aliphatic hydroxyl groups excluding tert-OH is 1. The van der Waals surface area contributed by atoms with Crippen LogP contribution < -0.4 is 29.6 Å². The Balaban J connectivity index is 0. The number of benzene rings is 1. The molecule has 0 aromatic heterocycles. The van der Waals surface area contributed by atoms with Gasteiger partial charge in [0.15, 0.2) is 0 Å². The number of carboxylic acid groups (broad SMARTS) is 1. The maximum atomic E-state index is 11.6. The Morgan fingerprint density at radius 2 is 1.74 bits per heavy atom. The van der Waals surface area contributed by atoms with Gasteiger partial charge in [0.05, 0.1) is 30.9 Å². The smallest absolute Gasteiger partial charge is 1.00 e. The molecule has 100 valence electrons. The van der Waals surface area contributed by atoms with Crippen LogP contribution in [0, 0.1) is 0 Å². The molecule has 0 spiro atoms. The summed E-state index contributed by atoms with van der Waals surface area (Å²) in [4.78, 5) is 22.5. The van der Waals surface area contributed by atoms with Gasteiger partial charge in [-0.25, -0.2) is 9.59 Å². The minimum atomic E-state index is -1.18. The fraction of sp³-hybridized carbons (Fsp3) is 0.333. The number of aromatic carboxylic acids is 1. The van der Waals surface area contributed by atoms with Crippen molar-refractivity contribution >= 4 is 11.9 Å². The van der Waals surface area contributed by atoms with E-state index in [4.69, 9.17) is 19.7 Å². The molecule has 2 N–H and O–H groups in total. The molecule has 6 nitrogen and oxygen atoms in total. The minimum absolute atomic E-state index is 0. The predicted octanol–water partition coefficient (Wildman–Crippen LogP) is -2.33. The van der Waals surface area contributed by atoms with Gasteiger partial charge < -0.3 is 21.1 Å². The summed E-state index contributed by atoms with van der Waals surface area (Å²) in [5.41, 5.74) is -0.0917. The van der Waals surface area contributed by atoms with Crippen LogP contribution in [0.15, 0.2) is 24.3 Å². The molecular weight excluding hydrogens is 263 g/mol. The van der Waals surface area contributed by atoms with Gasteiger partial charge in [0.25, 0.3) is 0 Å². The van der Waals surface area contributed by atoms with Gasteiger partial charge in [-0.3, -0.25) is 0 Å². The molecule has 0 atom stereocenters. The Hall–Kier alpha value is -0.920. The van der Waals surface area contributed by atoms with Crippen molar-refractivity contribution in [1.29, 1.82) is 0 Å². The van der Waals surface area contributed by atoms with Gasteiger partial charge in [0, 0.05) is 0 Å². The van der Waals surface area contributed by atoms with E-state index >= 15 is 0 Å². The van der Waals surface area contributed by atoms with E-state index in [-0.39, 0.29) is 68.5 Å². The summed E-state index contributed by atoms with van der Waals surface area (Å²) in [6.07, 6.45) is 0. The molecule has 0 aliphatic rings. The first-order valence-electron chi connectivity index (χ1n) is 5.35. The molecular formula is C12H15NaO6. The van der Waals surface area contributed by atoms with Gasteiger partial charge in [-0.15, -0.1) is 0 Å². The Bertz CT molecular complexity index is 426. The van der Waals surface area contributed by atoms with Crippen molar-refractivity contribution in [3.05, 3.63) is 35.4 Å². The van der Waals surface area contributed by atoms with Crippen LogP contribution in [0.25, 0.3) is 0 Å². The van der Waals surface area contributed by atoms with E-state index < -0.39 is 11.9 Å². The molecule has 1 rings (SSSR count). The molecule has 0 heterocycles. The van der Waals surface area contributed by atoms with Gasteiger partial charge in [0.1, 0.15) is 6.61 Å². The zero-order valence-corrected chi connectivity index (χ0v) is 12.7. The van der Waals surface area contributed by atoms with Crippen LogP contribution in [0.4, 0.5) is 0 Å². The molecule has 0 aliphatic heterocycles. The molecule has 19 heavy (non-hydrogen) atoms. The van der Waals surface area contributed by atoms with Crippen LogP contribution in [0.3, 0.4) is 0 Å². The van der Waals surface area contributed by atoms with E-state index in [9.17, 15) is 9.59 Å². The first-order chi connectivity index (χ1) is 8.66. The van der Waals surface area contributed by atoms with Gasteiger partial charge >= 0.3 is 41.5 Å². The van der Waals surface area contributed by atoms with Crippen LogP contribution in [0.1, 0.15) is 22.1 Å². The van der Waals surface area contributed by atoms with Gasteiger partial charge in [-0.1, -0.05) is 12.1 Å². The average molecular weight is 278 g/mol. The van der Waals surface area contributed by atoms with Crippen LogP contribution in [-0.4, -0.2) is 48.6 Å². The minimum Gasteiger partial charge on any atom is -1.00 e. The summed E-state index contributed by atoms with van der Waals surface area (Å²) >= 11 is 0. The van der Waals surface area contributed by atoms with Crippen molar-refractivity contribution in [2.45, 2.75) is 0 Å². The molecule has 0 saturated carbocycles. The summed E-state index contributed by atoms with van der Waals surface area (Å²) in [5, 5.41) is 17.3. The molecule has 1 aromatic carbocycles. The SMILES string of the molecule is O=C(O)c1ccccc1C(=O)OCCOCCO.[H-].[Na+]. The van der Waals surface area contributed by atoms with E-state index in [1.54, 1.807) is 6.07 Å². The standard InChI is InChI=1S/C12H14O6.Na.H/c13-5-6-17-7-8-18-12(16)10-4-2-1-3-9(10)11(14)15;;/h1-4,13H,5-8H2,(H,14,15);;/q;+1;-1. The van der Waals surface area contributed by atoms with Crippen molar-refractivity contribution in [2.24, 2.45) is 0 Å². The summed E-state index contributed by atoms with van der Waals surface area (Å²) in [5.74, 6) is -1.89. The van der Waals surface area contributed by atoms with Crippen LogP contribution in [0.5, 0.6) is 0 Å². The number of hydrogen-bond acceptors (Lipinski definition) is 5. The third-order valence-electron chi connectivity index (χ3n) is 2.07. The monoisotopic (exact) mass is 278 g/mol. The maximum Gasteiger partial charge on any atom is 1.00 e. The third kappa shape index (κ3) is 6.17. The molecule has 0 saturated heterocycles. The summed E-state index contributed by atoms with van der Waals surface area (Å²) in [7, 11) is 0. The second kappa shape index (κ2) is 9.94. The second-order valence-electron chi connectivity index (χ2n) is 3.32. The van der Waals surface area contributed by atoms with Crippen molar-refractivity contribution in [3.63, 3.8) is 0 Å². The van der Waals surface area contributed by atoms with E-state index in [1.807, 2.05) is 0 Å². The molecule has 0 aliphatic carbocycles. The Labute approximate surface area is 134 Å². The molecule has 7 heteroatoms. The van der Waals surface area contributed by atoms with Crippen molar-refractivity contribution in [3.8, 4) is 0 Å². The zero-order chi connectivity index (χ0) is 13.4. The molecule has 0 amide bonds. The van der Waals surface area contributed by atoms with Crippen molar-refractivity contribution in [1.82, 2.24) is 0 Å². The first-order valence-corrected chi connectivity index (χ1v) is 5.35. The molecule has 1 aromatic rings. The van der Waals surface area contributed by atoms with Gasteiger partial charge in [-0.05, 0) is 12.1 Å². The topological polar surface area (TPSA) is 93.1 Å². The van der Waals surface area contributed by atoms with E-state index in [1.165, 1.54) is 18.2 Å². The zero-order valence-electron chi connectivity index (χ0n) is 11.7. The van der Waals surface area contributed by atoms with Crippen molar-refractivity contribution in [2.75, 3.05) is 26.4 Å². The number of aliphatic hydroxyl groups is 1. The fourth-order valence-electron chi connectivity index (χ4n) is 1.29. The Morgan fingerprint density at radius 1 is 1.11 bits per heavy atom. The van der Waals surface area contributed by atoms with Gasteiger partial charge in [-0.2, -0.15) is 0 Å². The maximum absolute atomic E-state index is 11.6. The second-order valence-corrected chi connectivity index (χ2v) is 3.32.